The Morgan fingerprint density at radius 2 is 2.15 bits per heavy atom. The first kappa shape index (κ1) is 12.8. The van der Waals surface area contributed by atoms with Crippen molar-refractivity contribution in [3.8, 4) is 0 Å². The van der Waals surface area contributed by atoms with Crippen LogP contribution < -0.4 is 5.56 Å². The number of nitrogens with one attached hydrogen (secondary N) is 1. The van der Waals surface area contributed by atoms with E-state index in [9.17, 15) is 9.59 Å². The molecule has 1 aromatic heterocycles. The number of amides is 1. The molecule has 1 heterocycles. The molecule has 0 radical (unpaired) electrons. The lowest BCUT2D eigenvalue weighted by molar-refractivity contribution is -0.137. The summed E-state index contributed by atoms with van der Waals surface area (Å²) in [7, 11) is 1.76. The van der Waals surface area contributed by atoms with Crippen molar-refractivity contribution in [3.63, 3.8) is 0 Å². The molecule has 1 saturated carbocycles. The molecular formula is C15H17N3O2. The van der Waals surface area contributed by atoms with Gasteiger partial charge >= 0.3 is 0 Å². The van der Waals surface area contributed by atoms with Gasteiger partial charge in [-0.3, -0.25) is 9.59 Å². The zero-order valence-corrected chi connectivity index (χ0v) is 11.4. The molecule has 0 bridgehead atoms. The average molecular weight is 271 g/mol. The summed E-state index contributed by atoms with van der Waals surface area (Å²) in [5.41, 5.74) is 0.505. The molecule has 1 aliphatic carbocycles. The first-order valence-corrected chi connectivity index (χ1v) is 6.88. The van der Waals surface area contributed by atoms with Crippen molar-refractivity contribution in [3.05, 3.63) is 40.4 Å². The van der Waals surface area contributed by atoms with Gasteiger partial charge in [0.1, 0.15) is 5.82 Å². The quantitative estimate of drug-likeness (QED) is 0.923. The topological polar surface area (TPSA) is 66.1 Å². The number of carbonyl (C=O) groups is 1. The molecule has 5 heteroatoms. The van der Waals surface area contributed by atoms with Gasteiger partial charge in [-0.05, 0) is 25.0 Å². The van der Waals surface area contributed by atoms with E-state index in [1.807, 2.05) is 18.2 Å². The first-order valence-electron chi connectivity index (χ1n) is 6.88. The maximum Gasteiger partial charge on any atom is 0.258 e. The highest BCUT2D eigenvalue weighted by Gasteiger charge is 2.28. The number of aromatic amines is 1. The summed E-state index contributed by atoms with van der Waals surface area (Å²) in [6.45, 7) is 0.343. The Morgan fingerprint density at radius 3 is 2.85 bits per heavy atom. The van der Waals surface area contributed by atoms with Crippen molar-refractivity contribution in [2.75, 3.05) is 7.05 Å². The molecule has 2 aromatic rings. The van der Waals surface area contributed by atoms with Crippen molar-refractivity contribution in [1.82, 2.24) is 14.9 Å². The molecule has 1 amide bonds. The van der Waals surface area contributed by atoms with Crippen LogP contribution in [0.2, 0.25) is 0 Å². The van der Waals surface area contributed by atoms with E-state index in [-0.39, 0.29) is 17.4 Å². The van der Waals surface area contributed by atoms with Crippen LogP contribution in [0.5, 0.6) is 0 Å². The molecular weight excluding hydrogens is 254 g/mol. The van der Waals surface area contributed by atoms with Crippen LogP contribution in [0.3, 0.4) is 0 Å². The zero-order valence-electron chi connectivity index (χ0n) is 11.4. The Kier molecular flexibility index (Phi) is 3.26. The number of aromatic nitrogens is 2. The van der Waals surface area contributed by atoms with Crippen LogP contribution >= 0.6 is 0 Å². The molecule has 0 unspecified atom stereocenters. The van der Waals surface area contributed by atoms with Crippen LogP contribution in [0, 0.1) is 5.92 Å². The number of nitrogens with zero attached hydrogens (tertiary/aromatic N) is 2. The molecule has 0 aliphatic heterocycles. The standard InChI is InChI=1S/C15H17N3O2/c1-18(15(20)10-5-4-6-10)9-13-16-12-8-3-2-7-11(12)14(19)17-13/h2-3,7-8,10H,4-6,9H2,1H3,(H,16,17,19). The Morgan fingerprint density at radius 1 is 1.40 bits per heavy atom. The predicted octanol–water partition coefficient (Wildman–Crippen LogP) is 1.68. The van der Waals surface area contributed by atoms with Crippen LogP contribution in [0.1, 0.15) is 25.1 Å². The Balaban J connectivity index is 1.83. The van der Waals surface area contributed by atoms with Crippen LogP contribution in [-0.4, -0.2) is 27.8 Å². The smallest absolute Gasteiger partial charge is 0.258 e. The van der Waals surface area contributed by atoms with Gasteiger partial charge < -0.3 is 9.88 Å². The van der Waals surface area contributed by atoms with Crippen molar-refractivity contribution in [1.29, 1.82) is 0 Å². The summed E-state index contributed by atoms with van der Waals surface area (Å²) >= 11 is 0. The first-order chi connectivity index (χ1) is 9.65. The molecule has 0 atom stereocenters. The fourth-order valence-corrected chi connectivity index (χ4v) is 2.48. The molecule has 0 saturated heterocycles. The van der Waals surface area contributed by atoms with Gasteiger partial charge in [0.15, 0.2) is 0 Å². The van der Waals surface area contributed by atoms with Gasteiger partial charge in [-0.15, -0.1) is 0 Å². The molecule has 1 aromatic carbocycles. The van der Waals surface area contributed by atoms with Gasteiger partial charge in [0.25, 0.3) is 5.56 Å². The summed E-state index contributed by atoms with van der Waals surface area (Å²) in [5, 5.41) is 0.573. The minimum Gasteiger partial charge on any atom is -0.338 e. The van der Waals surface area contributed by atoms with Crippen LogP contribution in [0.25, 0.3) is 10.9 Å². The third-order valence-electron chi connectivity index (χ3n) is 3.88. The predicted molar refractivity (Wildman–Crippen MR) is 76.2 cm³/mol. The number of hydrogen-bond donors (Lipinski definition) is 1. The highest BCUT2D eigenvalue weighted by Crippen LogP contribution is 2.28. The normalized spacial score (nSPS) is 15.1. The molecule has 5 nitrogen and oxygen atoms in total. The lowest BCUT2D eigenvalue weighted by atomic mass is 9.84. The van der Waals surface area contributed by atoms with E-state index < -0.39 is 0 Å². The van der Waals surface area contributed by atoms with Crippen LogP contribution in [-0.2, 0) is 11.3 Å². The lowest BCUT2D eigenvalue weighted by Gasteiger charge is -2.28. The largest absolute Gasteiger partial charge is 0.338 e. The van der Waals surface area contributed by atoms with E-state index >= 15 is 0 Å². The average Bonchev–Trinajstić information content (AvgIpc) is 2.36. The van der Waals surface area contributed by atoms with Gasteiger partial charge in [0.2, 0.25) is 5.91 Å². The van der Waals surface area contributed by atoms with Gasteiger partial charge in [-0.25, -0.2) is 4.98 Å². The molecule has 20 heavy (non-hydrogen) atoms. The van der Waals surface area contributed by atoms with Gasteiger partial charge in [0, 0.05) is 13.0 Å². The highest BCUT2D eigenvalue weighted by atomic mass is 16.2. The monoisotopic (exact) mass is 271 g/mol. The van der Waals surface area contributed by atoms with Crippen molar-refractivity contribution >= 4 is 16.8 Å². The zero-order chi connectivity index (χ0) is 14.1. The van der Waals surface area contributed by atoms with Crippen molar-refractivity contribution < 1.29 is 4.79 Å². The number of H-pyrrole nitrogens is 1. The Hall–Kier alpha value is -2.17. The van der Waals surface area contributed by atoms with Crippen LogP contribution in [0.15, 0.2) is 29.1 Å². The second kappa shape index (κ2) is 5.07. The van der Waals surface area contributed by atoms with Crippen LogP contribution in [0.4, 0.5) is 0 Å². The summed E-state index contributed by atoms with van der Waals surface area (Å²) < 4.78 is 0. The highest BCUT2D eigenvalue weighted by molar-refractivity contribution is 5.79. The number of para-hydroxylation sites is 1. The molecule has 3 rings (SSSR count). The fraction of sp³-hybridized carbons (Fsp3) is 0.400. The summed E-state index contributed by atoms with van der Waals surface area (Å²) in [5.74, 6) is 0.836. The second-order valence-corrected chi connectivity index (χ2v) is 5.35. The SMILES string of the molecule is CN(Cc1nc2ccccc2c(=O)[nH]1)C(=O)C1CCC1. The summed E-state index contributed by atoms with van der Waals surface area (Å²) in [4.78, 5) is 32.8. The van der Waals surface area contributed by atoms with Gasteiger partial charge in [-0.2, -0.15) is 0 Å². The molecule has 0 spiro atoms. The van der Waals surface area contributed by atoms with E-state index in [4.69, 9.17) is 0 Å². The van der Waals surface area contributed by atoms with E-state index in [2.05, 4.69) is 9.97 Å². The van der Waals surface area contributed by atoms with Gasteiger partial charge in [-0.1, -0.05) is 18.6 Å². The second-order valence-electron chi connectivity index (χ2n) is 5.35. The lowest BCUT2D eigenvalue weighted by Crippen LogP contribution is -2.36. The molecule has 1 N–H and O–H groups in total. The summed E-state index contributed by atoms with van der Waals surface area (Å²) in [6, 6.07) is 7.21. The fourth-order valence-electron chi connectivity index (χ4n) is 2.48. The van der Waals surface area contributed by atoms with E-state index in [1.165, 1.54) is 0 Å². The minimum absolute atomic E-state index is 0.145. The summed E-state index contributed by atoms with van der Waals surface area (Å²) in [6.07, 6.45) is 3.09. The maximum atomic E-state index is 12.1. The van der Waals surface area contributed by atoms with Crippen molar-refractivity contribution in [2.45, 2.75) is 25.8 Å². The minimum atomic E-state index is -0.157. The van der Waals surface area contributed by atoms with E-state index in [1.54, 1.807) is 18.0 Å². The number of rotatable bonds is 3. The molecule has 1 fully saturated rings. The number of fused-ring (bicyclic) bond motifs is 1. The maximum absolute atomic E-state index is 12.1. The number of benzene rings is 1. The van der Waals surface area contributed by atoms with Gasteiger partial charge in [0.05, 0.1) is 17.4 Å². The molecule has 104 valence electrons. The Bertz CT molecular complexity index is 704. The number of hydrogen-bond acceptors (Lipinski definition) is 3. The molecule has 1 aliphatic rings. The van der Waals surface area contributed by atoms with E-state index in [0.29, 0.717) is 23.3 Å². The third-order valence-corrected chi connectivity index (χ3v) is 3.88. The Labute approximate surface area is 116 Å². The van der Waals surface area contributed by atoms with E-state index in [0.717, 1.165) is 19.3 Å². The third kappa shape index (κ3) is 2.31. The van der Waals surface area contributed by atoms with Crippen molar-refractivity contribution in [2.24, 2.45) is 5.92 Å². The number of carbonyl (C=O) groups excluding carboxylic acids is 1.